The van der Waals surface area contributed by atoms with E-state index in [4.69, 9.17) is 5.73 Å². The Morgan fingerprint density at radius 3 is 2.48 bits per heavy atom. The average molecular weight is 296 g/mol. The number of hydrogen-bond acceptors (Lipinski definition) is 2. The van der Waals surface area contributed by atoms with E-state index in [1.54, 1.807) is 0 Å². The maximum Gasteiger partial charge on any atom is 0.130 e. The van der Waals surface area contributed by atoms with Gasteiger partial charge in [0.2, 0.25) is 0 Å². The summed E-state index contributed by atoms with van der Waals surface area (Å²) in [6.07, 6.45) is 6.18. The van der Waals surface area contributed by atoms with Gasteiger partial charge in [0.1, 0.15) is 11.6 Å². The third kappa shape index (κ3) is 4.24. The first-order chi connectivity index (χ1) is 10.0. The van der Waals surface area contributed by atoms with E-state index >= 15 is 0 Å². The molecule has 0 aromatic heterocycles. The first-order valence-electron chi connectivity index (χ1n) is 7.92. The third-order valence-electron chi connectivity index (χ3n) is 4.86. The molecule has 0 radical (unpaired) electrons. The second-order valence-electron chi connectivity index (χ2n) is 6.29. The first kappa shape index (κ1) is 16.4. The van der Waals surface area contributed by atoms with Crippen molar-refractivity contribution in [2.24, 2.45) is 11.7 Å². The number of hydrogen-bond donors (Lipinski definition) is 1. The normalized spacial score (nSPS) is 24.3. The summed E-state index contributed by atoms with van der Waals surface area (Å²) in [6.45, 7) is 2.85. The minimum Gasteiger partial charge on any atom is -0.323 e. The fraction of sp³-hybridized carbons (Fsp3) is 0.647. The highest BCUT2D eigenvalue weighted by atomic mass is 19.1. The molecule has 1 aromatic rings. The zero-order valence-corrected chi connectivity index (χ0v) is 13.0. The fourth-order valence-corrected chi connectivity index (χ4v) is 3.35. The monoisotopic (exact) mass is 296 g/mol. The largest absolute Gasteiger partial charge is 0.323 e. The molecule has 1 fully saturated rings. The van der Waals surface area contributed by atoms with Crippen molar-refractivity contribution < 1.29 is 8.78 Å². The molecule has 2 nitrogen and oxygen atoms in total. The average Bonchev–Trinajstić information content (AvgIpc) is 2.47. The molecule has 1 atom stereocenters. The van der Waals surface area contributed by atoms with Crippen LogP contribution in [0.4, 0.5) is 8.78 Å². The van der Waals surface area contributed by atoms with Gasteiger partial charge in [-0.3, -0.25) is 0 Å². The van der Waals surface area contributed by atoms with Gasteiger partial charge in [-0.25, -0.2) is 8.78 Å². The van der Waals surface area contributed by atoms with Gasteiger partial charge in [-0.1, -0.05) is 19.4 Å². The van der Waals surface area contributed by atoms with Gasteiger partial charge in [0.15, 0.2) is 0 Å². The molecule has 0 saturated heterocycles. The maximum absolute atomic E-state index is 13.8. The van der Waals surface area contributed by atoms with Gasteiger partial charge in [0.25, 0.3) is 0 Å². The first-order valence-corrected chi connectivity index (χ1v) is 7.92. The van der Waals surface area contributed by atoms with Gasteiger partial charge in [-0.05, 0) is 44.7 Å². The smallest absolute Gasteiger partial charge is 0.130 e. The van der Waals surface area contributed by atoms with Crippen LogP contribution in [-0.4, -0.2) is 24.5 Å². The van der Waals surface area contributed by atoms with Crippen molar-refractivity contribution in [3.05, 3.63) is 35.4 Å². The van der Waals surface area contributed by atoms with Crippen molar-refractivity contribution in [1.29, 1.82) is 0 Å². The van der Waals surface area contributed by atoms with Crippen LogP contribution in [0.15, 0.2) is 18.2 Å². The summed E-state index contributed by atoms with van der Waals surface area (Å²) in [4.78, 5) is 2.24. The molecule has 21 heavy (non-hydrogen) atoms. The standard InChI is InChI=1S/C17H26F2N2/c1-3-12-4-7-14(8-5-12)21(2)11-17(20)15-9-6-13(18)10-16(15)19/h6,9-10,12,14,17H,3-5,7-8,11,20H2,1-2H3. The van der Waals surface area contributed by atoms with E-state index < -0.39 is 17.7 Å². The van der Waals surface area contributed by atoms with Crippen LogP contribution >= 0.6 is 0 Å². The van der Waals surface area contributed by atoms with Crippen LogP contribution in [0.1, 0.15) is 50.6 Å². The Morgan fingerprint density at radius 2 is 1.90 bits per heavy atom. The number of likely N-dealkylation sites (N-methyl/N-ethyl adjacent to an activating group) is 1. The molecule has 0 heterocycles. The Bertz CT molecular complexity index is 456. The third-order valence-corrected chi connectivity index (χ3v) is 4.86. The number of benzene rings is 1. The van der Waals surface area contributed by atoms with Crippen molar-refractivity contribution >= 4 is 0 Å². The Kier molecular flexibility index (Phi) is 5.71. The van der Waals surface area contributed by atoms with Gasteiger partial charge in [-0.2, -0.15) is 0 Å². The van der Waals surface area contributed by atoms with Crippen molar-refractivity contribution in [3.63, 3.8) is 0 Å². The molecule has 0 aliphatic heterocycles. The molecular formula is C17H26F2N2. The summed E-state index contributed by atoms with van der Waals surface area (Å²) in [7, 11) is 2.05. The van der Waals surface area contributed by atoms with Crippen LogP contribution in [0.5, 0.6) is 0 Å². The van der Waals surface area contributed by atoms with E-state index in [0.29, 0.717) is 18.2 Å². The molecular weight excluding hydrogens is 270 g/mol. The summed E-state index contributed by atoms with van der Waals surface area (Å²) in [5.74, 6) is -0.252. The summed E-state index contributed by atoms with van der Waals surface area (Å²) in [5, 5.41) is 0. The molecule has 0 bridgehead atoms. The van der Waals surface area contributed by atoms with Crippen molar-refractivity contribution in [3.8, 4) is 0 Å². The minimum atomic E-state index is -0.560. The maximum atomic E-state index is 13.8. The lowest BCUT2D eigenvalue weighted by molar-refractivity contribution is 0.156. The van der Waals surface area contributed by atoms with Gasteiger partial charge in [0, 0.05) is 30.3 Å². The van der Waals surface area contributed by atoms with Crippen LogP contribution in [0.25, 0.3) is 0 Å². The van der Waals surface area contributed by atoms with E-state index in [1.165, 1.54) is 44.2 Å². The van der Waals surface area contributed by atoms with E-state index in [1.807, 2.05) is 0 Å². The van der Waals surface area contributed by atoms with Crippen LogP contribution in [0.3, 0.4) is 0 Å². The quantitative estimate of drug-likeness (QED) is 0.894. The topological polar surface area (TPSA) is 29.3 Å². The second kappa shape index (κ2) is 7.32. The molecule has 1 unspecified atom stereocenters. The molecule has 4 heteroatoms. The molecule has 1 aliphatic rings. The highest BCUT2D eigenvalue weighted by molar-refractivity contribution is 5.22. The highest BCUT2D eigenvalue weighted by Crippen LogP contribution is 2.29. The number of rotatable bonds is 5. The SMILES string of the molecule is CCC1CCC(N(C)CC(N)c2ccc(F)cc2F)CC1. The lowest BCUT2D eigenvalue weighted by Gasteiger charge is -2.35. The summed E-state index contributed by atoms with van der Waals surface area (Å²) in [6, 6.07) is 3.74. The Hall–Kier alpha value is -1.00. The van der Waals surface area contributed by atoms with Crippen LogP contribution in [-0.2, 0) is 0 Å². The predicted molar refractivity (Wildman–Crippen MR) is 82.0 cm³/mol. The Labute approximate surface area is 126 Å². The zero-order chi connectivity index (χ0) is 15.4. The van der Waals surface area contributed by atoms with Gasteiger partial charge in [0.05, 0.1) is 0 Å². The Balaban J connectivity index is 1.91. The molecule has 1 aromatic carbocycles. The van der Waals surface area contributed by atoms with Gasteiger partial charge in [-0.15, -0.1) is 0 Å². The van der Waals surface area contributed by atoms with Gasteiger partial charge >= 0.3 is 0 Å². The van der Waals surface area contributed by atoms with Crippen LogP contribution in [0, 0.1) is 17.6 Å². The van der Waals surface area contributed by atoms with E-state index in [-0.39, 0.29) is 0 Å². The molecule has 0 amide bonds. The molecule has 118 valence electrons. The number of nitrogens with two attached hydrogens (primary N) is 1. The molecule has 0 spiro atoms. The lowest BCUT2D eigenvalue weighted by Crippen LogP contribution is -2.39. The lowest BCUT2D eigenvalue weighted by atomic mass is 9.84. The Morgan fingerprint density at radius 1 is 1.24 bits per heavy atom. The number of halogens is 2. The van der Waals surface area contributed by atoms with Crippen molar-refractivity contribution in [1.82, 2.24) is 4.90 Å². The zero-order valence-electron chi connectivity index (χ0n) is 13.0. The van der Waals surface area contributed by atoms with E-state index in [0.717, 1.165) is 12.0 Å². The van der Waals surface area contributed by atoms with E-state index in [2.05, 4.69) is 18.9 Å². The highest BCUT2D eigenvalue weighted by Gasteiger charge is 2.24. The summed E-state index contributed by atoms with van der Waals surface area (Å²) in [5.41, 5.74) is 6.50. The second-order valence-corrected chi connectivity index (χ2v) is 6.29. The van der Waals surface area contributed by atoms with E-state index in [9.17, 15) is 8.78 Å². The number of nitrogens with zero attached hydrogens (tertiary/aromatic N) is 1. The minimum absolute atomic E-state index is 0.394. The van der Waals surface area contributed by atoms with Gasteiger partial charge < -0.3 is 10.6 Å². The fourth-order valence-electron chi connectivity index (χ4n) is 3.35. The van der Waals surface area contributed by atoms with Crippen LogP contribution in [0.2, 0.25) is 0 Å². The summed E-state index contributed by atoms with van der Waals surface area (Å²) < 4.78 is 26.7. The summed E-state index contributed by atoms with van der Waals surface area (Å²) >= 11 is 0. The molecule has 1 saturated carbocycles. The van der Waals surface area contributed by atoms with Crippen molar-refractivity contribution in [2.45, 2.75) is 51.1 Å². The van der Waals surface area contributed by atoms with Crippen molar-refractivity contribution in [2.75, 3.05) is 13.6 Å². The molecule has 2 rings (SSSR count). The molecule has 1 aliphatic carbocycles. The predicted octanol–water partition coefficient (Wildman–Crippen LogP) is 3.87. The van der Waals surface area contributed by atoms with Crippen LogP contribution < -0.4 is 5.73 Å². The molecule has 2 N–H and O–H groups in total.